The number of imidazole rings is 1. The van der Waals surface area contributed by atoms with Gasteiger partial charge in [0.2, 0.25) is 0 Å². The number of thioether (sulfide) groups is 1. The molecule has 0 aliphatic rings. The lowest BCUT2D eigenvalue weighted by molar-refractivity contribution is -0.139. The van der Waals surface area contributed by atoms with Gasteiger partial charge in [0.15, 0.2) is 5.16 Å². The first kappa shape index (κ1) is 13.1. The number of aryl methyl sites for hydroxylation is 1. The molecule has 1 aromatic heterocycles. The molecule has 0 aliphatic heterocycles. The second-order valence-electron chi connectivity index (χ2n) is 3.41. The molecule has 2 N–H and O–H groups in total. The van der Waals surface area contributed by atoms with Crippen LogP contribution < -0.4 is 5.32 Å². The van der Waals surface area contributed by atoms with Crippen LogP contribution in [0.15, 0.2) is 17.6 Å². The van der Waals surface area contributed by atoms with Gasteiger partial charge in [0.1, 0.15) is 6.04 Å². The summed E-state index contributed by atoms with van der Waals surface area (Å²) in [5, 5.41) is 12.8. The molecule has 0 spiro atoms. The van der Waals surface area contributed by atoms with E-state index in [1.165, 1.54) is 0 Å². The number of carboxylic acid groups (broad SMARTS) is 1. The number of nitrogens with zero attached hydrogens (tertiary/aromatic N) is 2. The molecule has 90 valence electrons. The fourth-order valence-corrected chi connectivity index (χ4v) is 2.25. The van der Waals surface area contributed by atoms with Crippen LogP contribution in [0.5, 0.6) is 0 Å². The van der Waals surface area contributed by atoms with E-state index in [1.807, 2.05) is 24.7 Å². The average molecular weight is 243 g/mol. The lowest BCUT2D eigenvalue weighted by Gasteiger charge is -2.12. The van der Waals surface area contributed by atoms with E-state index in [1.54, 1.807) is 18.0 Å². The molecule has 0 bridgehead atoms. The summed E-state index contributed by atoms with van der Waals surface area (Å²) in [6.07, 6.45) is 4.21. The molecule has 1 heterocycles. The van der Waals surface area contributed by atoms with Crippen molar-refractivity contribution >= 4 is 17.7 Å². The van der Waals surface area contributed by atoms with E-state index in [9.17, 15) is 4.79 Å². The Balaban J connectivity index is 2.33. The van der Waals surface area contributed by atoms with Crippen LogP contribution in [0.2, 0.25) is 0 Å². The zero-order valence-electron chi connectivity index (χ0n) is 9.51. The fourth-order valence-electron chi connectivity index (χ4n) is 1.32. The molecule has 0 fully saturated rings. The molecule has 1 rings (SSSR count). The Morgan fingerprint density at radius 1 is 1.75 bits per heavy atom. The number of carbonyl (C=O) groups is 1. The van der Waals surface area contributed by atoms with Gasteiger partial charge in [0.25, 0.3) is 0 Å². The predicted molar refractivity (Wildman–Crippen MR) is 63.6 cm³/mol. The third kappa shape index (κ3) is 3.86. The summed E-state index contributed by atoms with van der Waals surface area (Å²) in [5.41, 5.74) is 0. The van der Waals surface area contributed by atoms with Crippen LogP contribution >= 0.6 is 11.8 Å². The minimum Gasteiger partial charge on any atom is -0.480 e. The summed E-state index contributed by atoms with van der Waals surface area (Å²) in [6.45, 7) is 2.58. The van der Waals surface area contributed by atoms with E-state index in [4.69, 9.17) is 5.11 Å². The zero-order chi connectivity index (χ0) is 12.0. The number of carboxylic acids is 1. The molecule has 1 aromatic rings. The van der Waals surface area contributed by atoms with E-state index in [0.29, 0.717) is 13.0 Å². The SMILES string of the molecule is CCNC(CCSc1nccn1C)C(=O)O. The Bertz CT molecular complexity index is 341. The van der Waals surface area contributed by atoms with Gasteiger partial charge in [-0.1, -0.05) is 18.7 Å². The minimum absolute atomic E-state index is 0.460. The molecule has 0 amide bonds. The van der Waals surface area contributed by atoms with Crippen LogP contribution in [0.1, 0.15) is 13.3 Å². The predicted octanol–water partition coefficient (Wildman–Crippen LogP) is 0.965. The largest absolute Gasteiger partial charge is 0.480 e. The highest BCUT2D eigenvalue weighted by molar-refractivity contribution is 7.99. The summed E-state index contributed by atoms with van der Waals surface area (Å²) in [5.74, 6) is -0.0447. The normalized spacial score (nSPS) is 12.6. The van der Waals surface area contributed by atoms with Crippen LogP contribution in [-0.2, 0) is 11.8 Å². The van der Waals surface area contributed by atoms with Crippen LogP contribution in [0.4, 0.5) is 0 Å². The Morgan fingerprint density at radius 2 is 2.50 bits per heavy atom. The lowest BCUT2D eigenvalue weighted by Crippen LogP contribution is -2.36. The molecule has 0 saturated heterocycles. The molecule has 5 nitrogen and oxygen atoms in total. The van der Waals surface area contributed by atoms with Crippen LogP contribution in [0.3, 0.4) is 0 Å². The van der Waals surface area contributed by atoms with Crippen molar-refractivity contribution in [2.45, 2.75) is 24.5 Å². The quantitative estimate of drug-likeness (QED) is 0.698. The summed E-state index contributed by atoms with van der Waals surface area (Å²) in [7, 11) is 1.92. The van der Waals surface area contributed by atoms with Gasteiger partial charge in [-0.3, -0.25) is 4.79 Å². The fraction of sp³-hybridized carbons (Fsp3) is 0.600. The minimum atomic E-state index is -0.790. The standard InChI is InChI=1S/C10H17N3O2S/c1-3-11-8(9(14)15)4-7-16-10-12-5-6-13(10)2/h5-6,8,11H,3-4,7H2,1-2H3,(H,14,15). The maximum absolute atomic E-state index is 10.9. The summed E-state index contributed by atoms with van der Waals surface area (Å²) in [6, 6.07) is -0.460. The van der Waals surface area contributed by atoms with Gasteiger partial charge in [0, 0.05) is 25.2 Å². The maximum Gasteiger partial charge on any atom is 0.320 e. The monoisotopic (exact) mass is 243 g/mol. The van der Waals surface area contributed by atoms with Gasteiger partial charge in [-0.25, -0.2) is 4.98 Å². The summed E-state index contributed by atoms with van der Waals surface area (Å²) >= 11 is 1.57. The summed E-state index contributed by atoms with van der Waals surface area (Å²) < 4.78 is 1.92. The molecule has 6 heteroatoms. The van der Waals surface area contributed by atoms with Crippen molar-refractivity contribution in [3.05, 3.63) is 12.4 Å². The van der Waals surface area contributed by atoms with E-state index < -0.39 is 12.0 Å². The Hall–Kier alpha value is -1.01. The highest BCUT2D eigenvalue weighted by Gasteiger charge is 2.15. The second kappa shape index (κ2) is 6.55. The first-order valence-corrected chi connectivity index (χ1v) is 6.20. The van der Waals surface area contributed by atoms with Crippen molar-refractivity contribution in [3.63, 3.8) is 0 Å². The smallest absolute Gasteiger partial charge is 0.320 e. The van der Waals surface area contributed by atoms with E-state index in [2.05, 4.69) is 10.3 Å². The number of hydrogen-bond acceptors (Lipinski definition) is 4. The molecular weight excluding hydrogens is 226 g/mol. The third-order valence-electron chi connectivity index (χ3n) is 2.16. The number of nitrogens with one attached hydrogen (secondary N) is 1. The zero-order valence-corrected chi connectivity index (χ0v) is 10.3. The molecule has 16 heavy (non-hydrogen) atoms. The first-order valence-electron chi connectivity index (χ1n) is 5.21. The number of aliphatic carboxylic acids is 1. The molecule has 0 radical (unpaired) electrons. The van der Waals surface area contributed by atoms with Gasteiger partial charge in [-0.05, 0) is 13.0 Å². The van der Waals surface area contributed by atoms with Gasteiger partial charge < -0.3 is 15.0 Å². The van der Waals surface area contributed by atoms with E-state index >= 15 is 0 Å². The first-order chi connectivity index (χ1) is 7.65. The maximum atomic E-state index is 10.9. The molecule has 0 aromatic carbocycles. The summed E-state index contributed by atoms with van der Waals surface area (Å²) in [4.78, 5) is 15.0. The average Bonchev–Trinajstić information content (AvgIpc) is 2.63. The second-order valence-corrected chi connectivity index (χ2v) is 4.47. The van der Waals surface area contributed by atoms with Crippen molar-refractivity contribution in [2.24, 2.45) is 7.05 Å². The van der Waals surface area contributed by atoms with Crippen molar-refractivity contribution in [2.75, 3.05) is 12.3 Å². The Morgan fingerprint density at radius 3 is 3.00 bits per heavy atom. The van der Waals surface area contributed by atoms with Gasteiger partial charge in [-0.15, -0.1) is 0 Å². The number of aromatic nitrogens is 2. The van der Waals surface area contributed by atoms with Crippen molar-refractivity contribution in [3.8, 4) is 0 Å². The molecule has 0 aliphatic carbocycles. The van der Waals surface area contributed by atoms with Crippen molar-refractivity contribution in [1.29, 1.82) is 0 Å². The van der Waals surface area contributed by atoms with Crippen LogP contribution in [0.25, 0.3) is 0 Å². The molecule has 1 unspecified atom stereocenters. The number of rotatable bonds is 7. The lowest BCUT2D eigenvalue weighted by atomic mass is 10.2. The van der Waals surface area contributed by atoms with Crippen LogP contribution in [0, 0.1) is 0 Å². The van der Waals surface area contributed by atoms with Gasteiger partial charge in [-0.2, -0.15) is 0 Å². The van der Waals surface area contributed by atoms with Gasteiger partial charge in [0.05, 0.1) is 0 Å². The highest BCUT2D eigenvalue weighted by Crippen LogP contribution is 2.16. The molecular formula is C10H17N3O2S. The topological polar surface area (TPSA) is 67.2 Å². The van der Waals surface area contributed by atoms with Crippen molar-refractivity contribution in [1.82, 2.24) is 14.9 Å². The third-order valence-corrected chi connectivity index (χ3v) is 3.25. The number of hydrogen-bond donors (Lipinski definition) is 2. The molecule has 1 atom stereocenters. The number of likely N-dealkylation sites (N-methyl/N-ethyl adjacent to an activating group) is 1. The van der Waals surface area contributed by atoms with Gasteiger partial charge >= 0.3 is 5.97 Å². The van der Waals surface area contributed by atoms with E-state index in [-0.39, 0.29) is 0 Å². The van der Waals surface area contributed by atoms with E-state index in [0.717, 1.165) is 10.9 Å². The Labute approximate surface area is 99.3 Å². The van der Waals surface area contributed by atoms with Crippen molar-refractivity contribution < 1.29 is 9.90 Å². The van der Waals surface area contributed by atoms with Crippen LogP contribution in [-0.4, -0.2) is 39.0 Å². The highest BCUT2D eigenvalue weighted by atomic mass is 32.2. The molecule has 0 saturated carbocycles. The Kier molecular flexibility index (Phi) is 5.34.